The van der Waals surface area contributed by atoms with Crippen LogP contribution >= 0.6 is 41.9 Å². The van der Waals surface area contributed by atoms with Gasteiger partial charge in [0, 0.05) is 57.8 Å². The number of halogens is 3. The number of amides is 1. The third kappa shape index (κ3) is 5.87. The maximum absolute atomic E-state index is 14.6. The molecule has 0 radical (unpaired) electrons. The summed E-state index contributed by atoms with van der Waals surface area (Å²) in [6.45, 7) is 5.09. The molecular weight excluding hydrogens is 588 g/mol. The largest absolute Gasteiger partial charge is 0.442 e. The van der Waals surface area contributed by atoms with Gasteiger partial charge in [-0.25, -0.2) is 4.79 Å². The van der Waals surface area contributed by atoms with Crippen molar-refractivity contribution in [3.8, 4) is 0 Å². The summed E-state index contributed by atoms with van der Waals surface area (Å²) in [6, 6.07) is 10.6. The smallest absolute Gasteiger partial charge is 0.438 e. The van der Waals surface area contributed by atoms with Crippen molar-refractivity contribution in [2.24, 2.45) is 0 Å². The summed E-state index contributed by atoms with van der Waals surface area (Å²) in [5.41, 5.74) is 3.32. The quantitative estimate of drug-likeness (QED) is 0.222. The molecule has 5 nitrogen and oxygen atoms in total. The normalized spacial score (nSPS) is 15.1. The van der Waals surface area contributed by atoms with Gasteiger partial charge in [-0.3, -0.25) is 3.97 Å². The Morgan fingerprint density at radius 3 is 2.65 bits per heavy atom. The lowest BCUT2D eigenvalue weighted by molar-refractivity contribution is -0.0300. The molecule has 0 atom stereocenters. The highest BCUT2D eigenvalue weighted by molar-refractivity contribution is 14.2. The maximum atomic E-state index is 14.6. The molecule has 0 aliphatic heterocycles. The Hall–Kier alpha value is -1.39. The standard InChI is InChI=1S/C25H30ClFIN3O2S/c1-25(2,3)33-24(32)30(27)12-11-16-13-19(29-18-7-5-4-6-8-18)15-21-20-14-17(26)9-10-22(20)31(34-28)23(16)21/h9-10,13-15,18,29H,4-8,11-12H2,1-3H3. The molecule has 1 aromatic heterocycles. The van der Waals surface area contributed by atoms with Crippen LogP contribution in [0.1, 0.15) is 58.4 Å². The van der Waals surface area contributed by atoms with Crippen LogP contribution in [0.15, 0.2) is 30.3 Å². The van der Waals surface area contributed by atoms with Crippen molar-refractivity contribution in [2.45, 2.75) is 70.9 Å². The van der Waals surface area contributed by atoms with E-state index in [9.17, 15) is 9.28 Å². The van der Waals surface area contributed by atoms with Crippen molar-refractivity contribution in [1.29, 1.82) is 0 Å². The summed E-state index contributed by atoms with van der Waals surface area (Å²) >= 11 is 8.62. The topological polar surface area (TPSA) is 46.5 Å². The third-order valence-electron chi connectivity index (χ3n) is 6.07. The van der Waals surface area contributed by atoms with Crippen molar-refractivity contribution in [3.05, 3.63) is 40.9 Å². The van der Waals surface area contributed by atoms with E-state index in [2.05, 4.69) is 42.6 Å². The number of anilines is 1. The minimum absolute atomic E-state index is 0.0922. The van der Waals surface area contributed by atoms with Gasteiger partial charge in [0.25, 0.3) is 0 Å². The van der Waals surface area contributed by atoms with Gasteiger partial charge in [0.15, 0.2) is 0 Å². The lowest BCUT2D eigenvalue weighted by Gasteiger charge is -2.24. The van der Waals surface area contributed by atoms with Gasteiger partial charge in [0.05, 0.1) is 17.6 Å². The third-order valence-corrected chi connectivity index (χ3v) is 8.01. The van der Waals surface area contributed by atoms with Gasteiger partial charge in [-0.05, 0) is 75.9 Å². The zero-order valence-electron chi connectivity index (χ0n) is 19.7. The molecule has 3 aromatic rings. The van der Waals surface area contributed by atoms with E-state index in [1.54, 1.807) is 29.9 Å². The molecule has 1 N–H and O–H groups in total. The fraction of sp³-hybridized carbons (Fsp3) is 0.480. The lowest BCUT2D eigenvalue weighted by atomic mass is 9.95. The number of nitrogens with zero attached hydrogens (tertiary/aromatic N) is 2. The fourth-order valence-corrected chi connectivity index (χ4v) is 6.53. The van der Waals surface area contributed by atoms with Crippen molar-refractivity contribution in [2.75, 3.05) is 11.9 Å². The molecular formula is C25H30ClFIN3O2S. The molecule has 0 unspecified atom stereocenters. The van der Waals surface area contributed by atoms with Crippen LogP contribution in [0.5, 0.6) is 0 Å². The van der Waals surface area contributed by atoms with Crippen molar-refractivity contribution in [1.82, 2.24) is 9.09 Å². The monoisotopic (exact) mass is 617 g/mol. The summed E-state index contributed by atoms with van der Waals surface area (Å²) in [4.78, 5) is 12.2. The van der Waals surface area contributed by atoms with Crippen LogP contribution in [0.2, 0.25) is 5.02 Å². The molecule has 0 saturated heterocycles. The van der Waals surface area contributed by atoms with E-state index in [4.69, 9.17) is 16.3 Å². The van der Waals surface area contributed by atoms with Gasteiger partial charge in [-0.15, -0.1) is 5.12 Å². The molecule has 1 heterocycles. The van der Waals surface area contributed by atoms with E-state index in [0.29, 0.717) is 17.5 Å². The van der Waals surface area contributed by atoms with E-state index >= 15 is 0 Å². The molecule has 1 saturated carbocycles. The second kappa shape index (κ2) is 10.7. The van der Waals surface area contributed by atoms with Gasteiger partial charge in [0.1, 0.15) is 5.60 Å². The highest BCUT2D eigenvalue weighted by atomic mass is 127. The van der Waals surface area contributed by atoms with Gasteiger partial charge in [0.2, 0.25) is 0 Å². The average Bonchev–Trinajstić information content (AvgIpc) is 3.09. The predicted molar refractivity (Wildman–Crippen MR) is 150 cm³/mol. The van der Waals surface area contributed by atoms with Gasteiger partial charge in [-0.1, -0.05) is 35.3 Å². The number of ether oxygens (including phenoxy) is 1. The summed E-state index contributed by atoms with van der Waals surface area (Å²) in [6.07, 6.45) is 5.46. The number of fused-ring (bicyclic) bond motifs is 3. The number of hydrogen-bond donors (Lipinski definition) is 1. The molecule has 1 aliphatic carbocycles. The van der Waals surface area contributed by atoms with E-state index < -0.39 is 11.7 Å². The van der Waals surface area contributed by atoms with Crippen LogP contribution < -0.4 is 5.32 Å². The van der Waals surface area contributed by atoms with E-state index in [-0.39, 0.29) is 11.7 Å². The highest BCUT2D eigenvalue weighted by Crippen LogP contribution is 2.40. The first-order valence-corrected chi connectivity index (χ1v) is 15.3. The summed E-state index contributed by atoms with van der Waals surface area (Å²) in [5, 5.41) is 6.68. The number of aromatic nitrogens is 1. The van der Waals surface area contributed by atoms with Crippen molar-refractivity contribution < 1.29 is 14.0 Å². The maximum Gasteiger partial charge on any atom is 0.438 e. The van der Waals surface area contributed by atoms with E-state index in [1.807, 2.05) is 18.2 Å². The molecule has 1 aliphatic rings. The Bertz CT molecular complexity index is 1190. The number of hydrogen-bond acceptors (Lipinski definition) is 4. The Morgan fingerprint density at radius 2 is 1.97 bits per heavy atom. The number of benzene rings is 2. The molecule has 1 fully saturated rings. The number of carbonyl (C=O) groups is 1. The number of nitrogens with one attached hydrogen (secondary N) is 1. The Morgan fingerprint density at radius 1 is 1.24 bits per heavy atom. The van der Waals surface area contributed by atoms with Crippen LogP contribution in [-0.2, 0) is 11.2 Å². The second-order valence-corrected chi connectivity index (χ2v) is 12.0. The zero-order valence-corrected chi connectivity index (χ0v) is 23.4. The summed E-state index contributed by atoms with van der Waals surface area (Å²) in [7, 11) is 1.57. The molecule has 9 heteroatoms. The lowest BCUT2D eigenvalue weighted by Crippen LogP contribution is -2.33. The minimum Gasteiger partial charge on any atom is -0.442 e. The number of rotatable bonds is 6. The first-order chi connectivity index (χ1) is 16.2. The first-order valence-electron chi connectivity index (χ1n) is 11.6. The van der Waals surface area contributed by atoms with Gasteiger partial charge < -0.3 is 10.1 Å². The van der Waals surface area contributed by atoms with Gasteiger partial charge in [-0.2, -0.15) is 0 Å². The Labute approximate surface area is 221 Å². The molecule has 0 spiro atoms. The highest BCUT2D eigenvalue weighted by Gasteiger charge is 2.24. The van der Waals surface area contributed by atoms with Gasteiger partial charge >= 0.3 is 6.09 Å². The SMILES string of the molecule is CC(C)(C)OC(=O)N(F)CCc1cc(NC2CCCCC2)cc2c3cc(Cl)ccc3n(SI)c12. The second-order valence-electron chi connectivity index (χ2n) is 9.85. The minimum atomic E-state index is -0.962. The van der Waals surface area contributed by atoms with E-state index in [1.165, 1.54) is 19.3 Å². The number of carbonyl (C=O) groups excluding carboxylic acids is 1. The molecule has 0 bridgehead atoms. The van der Waals surface area contributed by atoms with Crippen LogP contribution in [0.25, 0.3) is 21.8 Å². The summed E-state index contributed by atoms with van der Waals surface area (Å²) in [5.74, 6) is 0. The summed E-state index contributed by atoms with van der Waals surface area (Å²) < 4.78 is 22.0. The van der Waals surface area contributed by atoms with Crippen LogP contribution in [0, 0.1) is 0 Å². The van der Waals surface area contributed by atoms with Crippen molar-refractivity contribution in [3.63, 3.8) is 0 Å². The first kappa shape index (κ1) is 25.7. The van der Waals surface area contributed by atoms with E-state index in [0.717, 1.165) is 45.9 Å². The Kier molecular flexibility index (Phi) is 8.09. The van der Waals surface area contributed by atoms with Crippen LogP contribution in [-0.4, -0.2) is 33.4 Å². The molecule has 4 rings (SSSR count). The van der Waals surface area contributed by atoms with Crippen LogP contribution in [0.3, 0.4) is 0 Å². The molecule has 1 amide bonds. The zero-order chi connectivity index (χ0) is 24.5. The predicted octanol–water partition coefficient (Wildman–Crippen LogP) is 8.70. The molecule has 34 heavy (non-hydrogen) atoms. The van der Waals surface area contributed by atoms with Crippen LogP contribution in [0.4, 0.5) is 15.0 Å². The molecule has 2 aromatic carbocycles. The molecule has 184 valence electrons. The fourth-order valence-electron chi connectivity index (χ4n) is 4.61. The van der Waals surface area contributed by atoms with Crippen molar-refractivity contribution >= 4 is 75.5 Å². The average molecular weight is 618 g/mol. The Balaban J connectivity index is 1.73.